The van der Waals surface area contributed by atoms with Crippen LogP contribution in [0.25, 0.3) is 11.1 Å². The second kappa shape index (κ2) is 8.85. The van der Waals surface area contributed by atoms with Gasteiger partial charge in [-0.1, -0.05) is 12.1 Å². The molecular weight excluding hydrogens is 387 g/mol. The van der Waals surface area contributed by atoms with Crippen LogP contribution < -0.4 is 10.6 Å². The number of aryl methyl sites for hydroxylation is 1. The Morgan fingerprint density at radius 1 is 1.41 bits per heavy atom. The van der Waals surface area contributed by atoms with Crippen molar-refractivity contribution in [3.05, 3.63) is 23.5 Å². The van der Waals surface area contributed by atoms with Crippen LogP contribution in [0.3, 0.4) is 0 Å². The zero-order chi connectivity index (χ0) is 18.7. The molecule has 2 N–H and O–H groups in total. The summed E-state index contributed by atoms with van der Waals surface area (Å²) >= 11 is 0. The average Bonchev–Trinajstić information content (AvgIpc) is 3.03. The van der Waals surface area contributed by atoms with Crippen LogP contribution in [-0.4, -0.2) is 65.9 Å². The van der Waals surface area contributed by atoms with E-state index in [1.165, 1.54) is 11.1 Å². The van der Waals surface area contributed by atoms with E-state index in [4.69, 9.17) is 4.52 Å². The van der Waals surface area contributed by atoms with Gasteiger partial charge in [-0.3, -0.25) is 9.69 Å². The molecule has 2 aromatic heterocycles. The van der Waals surface area contributed by atoms with Crippen molar-refractivity contribution >= 4 is 29.4 Å². The van der Waals surface area contributed by atoms with Gasteiger partial charge in [-0.05, 0) is 12.5 Å². The first-order valence-corrected chi connectivity index (χ1v) is 8.44. The Hall–Kier alpha value is -1.91. The maximum absolute atomic E-state index is 13.4. The Morgan fingerprint density at radius 2 is 2.11 bits per heavy atom. The van der Waals surface area contributed by atoms with E-state index in [-0.39, 0.29) is 31.1 Å². The van der Waals surface area contributed by atoms with Gasteiger partial charge >= 0.3 is 6.18 Å². The fourth-order valence-electron chi connectivity index (χ4n) is 3.00. The Kier molecular flexibility index (Phi) is 7.01. The third kappa shape index (κ3) is 4.88. The summed E-state index contributed by atoms with van der Waals surface area (Å²) in [7, 11) is 0. The molecule has 1 aliphatic heterocycles. The van der Waals surface area contributed by atoms with Crippen molar-refractivity contribution in [2.45, 2.75) is 25.6 Å². The SMILES string of the molecule is CCc1noc2ncc(C(=O)NCC(N3CCNCC3)C(F)(F)F)cc12.Cl. The Balaban J connectivity index is 0.00000261. The number of hydrogen-bond acceptors (Lipinski definition) is 6. The molecule has 11 heteroatoms. The highest BCUT2D eigenvalue weighted by Gasteiger charge is 2.43. The fourth-order valence-corrected chi connectivity index (χ4v) is 3.00. The molecular formula is C16H21ClF3N5O2. The van der Waals surface area contributed by atoms with Crippen LogP contribution in [-0.2, 0) is 6.42 Å². The quantitative estimate of drug-likeness (QED) is 0.786. The molecule has 27 heavy (non-hydrogen) atoms. The third-order valence-electron chi connectivity index (χ3n) is 4.43. The number of aromatic nitrogens is 2. The predicted molar refractivity (Wildman–Crippen MR) is 95.0 cm³/mol. The molecule has 0 aliphatic carbocycles. The predicted octanol–water partition coefficient (Wildman–Crippen LogP) is 1.77. The lowest BCUT2D eigenvalue weighted by molar-refractivity contribution is -0.183. The maximum Gasteiger partial charge on any atom is 0.405 e. The van der Waals surface area contributed by atoms with Gasteiger partial charge in [0, 0.05) is 38.9 Å². The van der Waals surface area contributed by atoms with Gasteiger partial charge in [0.15, 0.2) is 0 Å². The van der Waals surface area contributed by atoms with Gasteiger partial charge in [-0.2, -0.15) is 13.2 Å². The Bertz CT molecular complexity index is 777. The van der Waals surface area contributed by atoms with E-state index >= 15 is 0 Å². The number of nitrogens with one attached hydrogen (secondary N) is 2. The van der Waals surface area contributed by atoms with Crippen LogP contribution in [0.2, 0.25) is 0 Å². The molecule has 0 radical (unpaired) electrons. The zero-order valence-corrected chi connectivity index (χ0v) is 15.5. The topological polar surface area (TPSA) is 83.3 Å². The summed E-state index contributed by atoms with van der Waals surface area (Å²) in [6, 6.07) is -0.174. The fraction of sp³-hybridized carbons (Fsp3) is 0.562. The molecule has 2 aromatic rings. The minimum absolute atomic E-state index is 0. The van der Waals surface area contributed by atoms with Crippen molar-refractivity contribution in [3.63, 3.8) is 0 Å². The lowest BCUT2D eigenvalue weighted by Crippen LogP contribution is -2.57. The van der Waals surface area contributed by atoms with Crippen LogP contribution in [0, 0.1) is 0 Å². The number of pyridine rings is 1. The number of carbonyl (C=O) groups is 1. The summed E-state index contributed by atoms with van der Waals surface area (Å²) in [5.41, 5.74) is 1.13. The van der Waals surface area contributed by atoms with Crippen LogP contribution in [0.5, 0.6) is 0 Å². The van der Waals surface area contributed by atoms with Gasteiger partial charge in [-0.25, -0.2) is 4.98 Å². The molecule has 3 heterocycles. The van der Waals surface area contributed by atoms with E-state index in [9.17, 15) is 18.0 Å². The number of rotatable bonds is 5. The molecule has 7 nitrogen and oxygen atoms in total. The van der Waals surface area contributed by atoms with E-state index in [0.717, 1.165) is 0 Å². The number of hydrogen-bond donors (Lipinski definition) is 2. The van der Waals surface area contributed by atoms with Crippen molar-refractivity contribution in [1.29, 1.82) is 0 Å². The number of carbonyl (C=O) groups excluding carboxylic acids is 1. The molecule has 1 aliphatic rings. The van der Waals surface area contributed by atoms with Gasteiger partial charge < -0.3 is 15.2 Å². The molecule has 1 amide bonds. The number of alkyl halides is 3. The summed E-state index contributed by atoms with van der Waals surface area (Å²) in [5, 5.41) is 9.85. The van der Waals surface area contributed by atoms with E-state index in [0.29, 0.717) is 36.3 Å². The number of amides is 1. The van der Waals surface area contributed by atoms with E-state index in [1.54, 1.807) is 6.07 Å². The first-order valence-electron chi connectivity index (χ1n) is 8.44. The summed E-state index contributed by atoms with van der Waals surface area (Å²) in [6.45, 7) is 2.93. The van der Waals surface area contributed by atoms with Gasteiger partial charge in [0.1, 0.15) is 6.04 Å². The molecule has 0 spiro atoms. The Morgan fingerprint density at radius 3 is 2.74 bits per heavy atom. The molecule has 0 bridgehead atoms. The van der Waals surface area contributed by atoms with E-state index < -0.39 is 24.7 Å². The molecule has 0 saturated carbocycles. The number of halogens is 4. The Labute approximate surface area is 160 Å². The molecule has 0 aromatic carbocycles. The van der Waals surface area contributed by atoms with Crippen molar-refractivity contribution in [2.24, 2.45) is 0 Å². The monoisotopic (exact) mass is 407 g/mol. The highest BCUT2D eigenvalue weighted by molar-refractivity contribution is 5.97. The van der Waals surface area contributed by atoms with Crippen LogP contribution in [0.15, 0.2) is 16.8 Å². The summed E-state index contributed by atoms with van der Waals surface area (Å²) in [6.07, 6.45) is -2.55. The number of fused-ring (bicyclic) bond motifs is 1. The molecule has 1 saturated heterocycles. The molecule has 3 rings (SSSR count). The highest BCUT2D eigenvalue weighted by Crippen LogP contribution is 2.25. The average molecular weight is 408 g/mol. The molecule has 1 fully saturated rings. The van der Waals surface area contributed by atoms with Crippen LogP contribution >= 0.6 is 12.4 Å². The molecule has 1 unspecified atom stereocenters. The second-order valence-electron chi connectivity index (χ2n) is 6.11. The van der Waals surface area contributed by atoms with Gasteiger partial charge in [-0.15, -0.1) is 12.4 Å². The first-order chi connectivity index (χ1) is 12.4. The summed E-state index contributed by atoms with van der Waals surface area (Å²) in [5.74, 6) is -0.605. The largest absolute Gasteiger partial charge is 0.405 e. The standard InChI is InChI=1S/C16H20F3N5O2.ClH/c1-2-12-11-7-10(8-22-15(11)26-23-12)14(25)21-9-13(16(17,18)19)24-5-3-20-4-6-24;/h7-8,13,20H,2-6,9H2,1H3,(H,21,25);1H. The number of piperazine rings is 1. The summed E-state index contributed by atoms with van der Waals surface area (Å²) < 4.78 is 45.2. The first kappa shape index (κ1) is 21.4. The van der Waals surface area contributed by atoms with Crippen molar-refractivity contribution in [2.75, 3.05) is 32.7 Å². The van der Waals surface area contributed by atoms with Crippen molar-refractivity contribution < 1.29 is 22.5 Å². The highest BCUT2D eigenvalue weighted by atomic mass is 35.5. The summed E-state index contributed by atoms with van der Waals surface area (Å²) in [4.78, 5) is 17.7. The lowest BCUT2D eigenvalue weighted by Gasteiger charge is -2.35. The van der Waals surface area contributed by atoms with Crippen molar-refractivity contribution in [3.8, 4) is 0 Å². The molecule has 1 atom stereocenters. The number of nitrogens with zero attached hydrogens (tertiary/aromatic N) is 3. The maximum atomic E-state index is 13.4. The van der Waals surface area contributed by atoms with Crippen LogP contribution in [0.4, 0.5) is 13.2 Å². The third-order valence-corrected chi connectivity index (χ3v) is 4.43. The zero-order valence-electron chi connectivity index (χ0n) is 14.7. The smallest absolute Gasteiger partial charge is 0.350 e. The lowest BCUT2D eigenvalue weighted by atomic mass is 10.1. The second-order valence-corrected chi connectivity index (χ2v) is 6.11. The van der Waals surface area contributed by atoms with Crippen molar-refractivity contribution in [1.82, 2.24) is 25.7 Å². The minimum Gasteiger partial charge on any atom is -0.350 e. The van der Waals surface area contributed by atoms with Gasteiger partial charge in [0.05, 0.1) is 16.6 Å². The minimum atomic E-state index is -4.42. The normalized spacial score (nSPS) is 16.7. The van der Waals surface area contributed by atoms with E-state index in [1.807, 2.05) is 6.92 Å². The van der Waals surface area contributed by atoms with Gasteiger partial charge in [0.2, 0.25) is 0 Å². The van der Waals surface area contributed by atoms with E-state index in [2.05, 4.69) is 20.8 Å². The van der Waals surface area contributed by atoms with Crippen LogP contribution in [0.1, 0.15) is 23.0 Å². The molecule has 150 valence electrons. The van der Waals surface area contributed by atoms with Gasteiger partial charge in [0.25, 0.3) is 11.6 Å².